The van der Waals surface area contributed by atoms with Crippen LogP contribution < -0.4 is 14.4 Å². The maximum absolute atomic E-state index is 14.5. The molecule has 0 fully saturated rings. The second kappa shape index (κ2) is 15.7. The highest BCUT2D eigenvalue weighted by Crippen LogP contribution is 2.33. The van der Waals surface area contributed by atoms with Gasteiger partial charge in [0.2, 0.25) is 11.8 Å². The molecule has 0 aliphatic heterocycles. The van der Waals surface area contributed by atoms with E-state index >= 15 is 0 Å². The first-order valence-electron chi connectivity index (χ1n) is 14.4. The van der Waals surface area contributed by atoms with Crippen molar-refractivity contribution in [3.8, 4) is 5.75 Å². The van der Waals surface area contributed by atoms with E-state index < -0.39 is 34.4 Å². The van der Waals surface area contributed by atoms with Crippen LogP contribution in [0, 0.1) is 6.92 Å². The van der Waals surface area contributed by atoms with Crippen LogP contribution in [-0.4, -0.2) is 51.4 Å². The number of sulfonamides is 1. The Morgan fingerprint density at radius 1 is 0.891 bits per heavy atom. The molecule has 46 heavy (non-hydrogen) atoms. The largest absolute Gasteiger partial charge is 0.495 e. The molecule has 0 heterocycles. The SMILES string of the molecule is CCNC(=O)C(Cc1ccccc1)N(Cc1ccc(Cl)cc1Cl)C(=O)CN(c1ccc(OC)c(Cl)c1)S(=O)(=O)c1ccc(C)cc1. The van der Waals surface area contributed by atoms with Gasteiger partial charge in [-0.1, -0.05) is 88.9 Å². The lowest BCUT2D eigenvalue weighted by atomic mass is 10.0. The molecule has 0 saturated carbocycles. The molecule has 4 aromatic rings. The zero-order chi connectivity index (χ0) is 33.4. The van der Waals surface area contributed by atoms with Gasteiger partial charge in [-0.15, -0.1) is 0 Å². The molecule has 0 aliphatic rings. The van der Waals surface area contributed by atoms with Gasteiger partial charge in [0, 0.05) is 29.6 Å². The number of carbonyl (C=O) groups is 2. The Hall–Kier alpha value is -3.76. The molecule has 0 saturated heterocycles. The maximum atomic E-state index is 14.5. The van der Waals surface area contributed by atoms with Crippen molar-refractivity contribution in [3.05, 3.63) is 123 Å². The summed E-state index contributed by atoms with van der Waals surface area (Å²) in [5, 5.41) is 3.69. The predicted octanol–water partition coefficient (Wildman–Crippen LogP) is 6.94. The first kappa shape index (κ1) is 35.1. The fourth-order valence-electron chi connectivity index (χ4n) is 4.86. The zero-order valence-electron chi connectivity index (χ0n) is 25.5. The minimum absolute atomic E-state index is 0.0188. The topological polar surface area (TPSA) is 96.0 Å². The van der Waals surface area contributed by atoms with E-state index in [9.17, 15) is 18.0 Å². The first-order chi connectivity index (χ1) is 21.9. The van der Waals surface area contributed by atoms with Crippen LogP contribution in [0.3, 0.4) is 0 Å². The van der Waals surface area contributed by atoms with Gasteiger partial charge in [-0.2, -0.15) is 0 Å². The van der Waals surface area contributed by atoms with Gasteiger partial charge in [0.15, 0.2) is 0 Å². The fraction of sp³-hybridized carbons (Fsp3) is 0.235. The number of rotatable bonds is 13. The number of ether oxygens (including phenoxy) is 1. The van der Waals surface area contributed by atoms with Gasteiger partial charge in [0.1, 0.15) is 18.3 Å². The highest BCUT2D eigenvalue weighted by Gasteiger charge is 2.35. The number of aryl methyl sites for hydroxylation is 1. The molecule has 0 aromatic heterocycles. The highest BCUT2D eigenvalue weighted by molar-refractivity contribution is 7.92. The van der Waals surface area contributed by atoms with E-state index in [-0.39, 0.29) is 28.6 Å². The lowest BCUT2D eigenvalue weighted by Gasteiger charge is -2.34. The molecule has 8 nitrogen and oxygen atoms in total. The van der Waals surface area contributed by atoms with Crippen molar-refractivity contribution >= 4 is 62.3 Å². The number of nitrogens with one attached hydrogen (secondary N) is 1. The van der Waals surface area contributed by atoms with Crippen LogP contribution in [0.15, 0.2) is 95.9 Å². The van der Waals surface area contributed by atoms with Crippen LogP contribution in [0.1, 0.15) is 23.6 Å². The summed E-state index contributed by atoms with van der Waals surface area (Å²) in [6.07, 6.45) is 0.169. The molecule has 0 spiro atoms. The number of hydrogen-bond acceptors (Lipinski definition) is 5. The molecular weight excluding hydrogens is 669 g/mol. The highest BCUT2D eigenvalue weighted by atomic mass is 35.5. The van der Waals surface area contributed by atoms with Crippen molar-refractivity contribution in [2.75, 3.05) is 24.5 Å². The summed E-state index contributed by atoms with van der Waals surface area (Å²) in [6.45, 7) is 3.21. The van der Waals surface area contributed by atoms with Crippen LogP contribution in [-0.2, 0) is 32.6 Å². The van der Waals surface area contributed by atoms with Crippen LogP contribution in [0.4, 0.5) is 5.69 Å². The number of methoxy groups -OCH3 is 1. The van der Waals surface area contributed by atoms with E-state index in [0.29, 0.717) is 27.9 Å². The maximum Gasteiger partial charge on any atom is 0.264 e. The minimum Gasteiger partial charge on any atom is -0.495 e. The molecule has 242 valence electrons. The quantitative estimate of drug-likeness (QED) is 0.163. The lowest BCUT2D eigenvalue weighted by molar-refractivity contribution is -0.140. The average molecular weight is 703 g/mol. The van der Waals surface area contributed by atoms with Crippen molar-refractivity contribution in [2.45, 2.75) is 37.8 Å². The summed E-state index contributed by atoms with van der Waals surface area (Å²) in [5.41, 5.74) is 2.35. The normalized spacial score (nSPS) is 11.9. The average Bonchev–Trinajstić information content (AvgIpc) is 3.03. The third-order valence-corrected chi connectivity index (χ3v) is 9.96. The van der Waals surface area contributed by atoms with Crippen LogP contribution in [0.25, 0.3) is 0 Å². The van der Waals surface area contributed by atoms with Gasteiger partial charge in [-0.3, -0.25) is 13.9 Å². The number of amides is 2. The van der Waals surface area contributed by atoms with Crippen molar-refractivity contribution in [1.82, 2.24) is 10.2 Å². The summed E-state index contributed by atoms with van der Waals surface area (Å²) < 4.78 is 34.6. The second-order valence-corrected chi connectivity index (χ2v) is 13.6. The Balaban J connectivity index is 1.84. The number of benzene rings is 4. The third-order valence-electron chi connectivity index (χ3n) is 7.29. The Morgan fingerprint density at radius 2 is 1.59 bits per heavy atom. The Labute approximate surface area is 284 Å². The Bertz CT molecular complexity index is 1790. The third kappa shape index (κ3) is 8.53. The predicted molar refractivity (Wildman–Crippen MR) is 183 cm³/mol. The zero-order valence-corrected chi connectivity index (χ0v) is 28.6. The molecule has 1 N–H and O–H groups in total. The fourth-order valence-corrected chi connectivity index (χ4v) is 6.98. The second-order valence-electron chi connectivity index (χ2n) is 10.5. The molecule has 4 aromatic carbocycles. The molecule has 0 radical (unpaired) electrons. The van der Waals surface area contributed by atoms with E-state index in [4.69, 9.17) is 39.5 Å². The number of anilines is 1. The van der Waals surface area contributed by atoms with Gasteiger partial charge in [-0.05, 0) is 67.4 Å². The monoisotopic (exact) mass is 701 g/mol. The van der Waals surface area contributed by atoms with Gasteiger partial charge >= 0.3 is 0 Å². The first-order valence-corrected chi connectivity index (χ1v) is 17.0. The summed E-state index contributed by atoms with van der Waals surface area (Å²) in [7, 11) is -2.85. The Morgan fingerprint density at radius 3 is 2.20 bits per heavy atom. The van der Waals surface area contributed by atoms with Crippen LogP contribution in [0.2, 0.25) is 15.1 Å². The van der Waals surface area contributed by atoms with Crippen molar-refractivity contribution < 1.29 is 22.7 Å². The smallest absolute Gasteiger partial charge is 0.264 e. The molecular formula is C34H34Cl3N3O5S. The lowest BCUT2D eigenvalue weighted by Crippen LogP contribution is -2.53. The summed E-state index contributed by atoms with van der Waals surface area (Å²) in [6, 6.07) is 23.9. The minimum atomic E-state index is -4.30. The molecule has 4 rings (SSSR count). The number of hydrogen-bond donors (Lipinski definition) is 1. The Kier molecular flexibility index (Phi) is 12.0. The summed E-state index contributed by atoms with van der Waals surface area (Å²) in [4.78, 5) is 29.5. The molecule has 2 amide bonds. The molecule has 0 bridgehead atoms. The molecule has 0 aliphatic carbocycles. The number of halogens is 3. The van der Waals surface area contributed by atoms with Gasteiger partial charge < -0.3 is 15.0 Å². The van der Waals surface area contributed by atoms with Gasteiger partial charge in [0.05, 0.1) is 22.7 Å². The van der Waals surface area contributed by atoms with E-state index in [0.717, 1.165) is 15.4 Å². The number of likely N-dealkylation sites (N-methyl/N-ethyl adjacent to an activating group) is 1. The number of nitrogens with zero attached hydrogens (tertiary/aromatic N) is 2. The summed E-state index contributed by atoms with van der Waals surface area (Å²) >= 11 is 19.1. The van der Waals surface area contributed by atoms with E-state index in [1.165, 1.54) is 42.3 Å². The van der Waals surface area contributed by atoms with Crippen molar-refractivity contribution in [2.24, 2.45) is 0 Å². The molecule has 12 heteroatoms. The van der Waals surface area contributed by atoms with Gasteiger partial charge in [-0.25, -0.2) is 8.42 Å². The standard InChI is InChI=1S/C34H34Cl3N3O5S/c1-4-38-34(42)31(18-24-8-6-5-7-9-24)39(21-25-12-13-26(35)19-29(25)36)33(41)22-40(27-14-17-32(45-3)30(37)20-27)46(43,44)28-15-10-23(2)11-16-28/h5-17,19-20,31H,4,18,21-22H2,1-3H3,(H,38,42). The van der Waals surface area contributed by atoms with Crippen molar-refractivity contribution in [1.29, 1.82) is 0 Å². The van der Waals surface area contributed by atoms with Crippen molar-refractivity contribution in [3.63, 3.8) is 0 Å². The molecule has 1 unspecified atom stereocenters. The van der Waals surface area contributed by atoms with Crippen LogP contribution >= 0.6 is 34.8 Å². The van der Waals surface area contributed by atoms with E-state index in [1.807, 2.05) is 37.3 Å². The van der Waals surface area contributed by atoms with E-state index in [2.05, 4.69) is 5.32 Å². The van der Waals surface area contributed by atoms with Gasteiger partial charge in [0.25, 0.3) is 10.0 Å². The van der Waals surface area contributed by atoms with Crippen LogP contribution in [0.5, 0.6) is 5.75 Å². The summed E-state index contributed by atoms with van der Waals surface area (Å²) in [5.74, 6) is -0.700. The number of carbonyl (C=O) groups excluding carboxylic acids is 2. The van der Waals surface area contributed by atoms with E-state index in [1.54, 1.807) is 37.3 Å². The molecule has 1 atom stereocenters.